The normalized spacial score (nSPS) is 10.6. The zero-order chi connectivity index (χ0) is 15.9. The minimum atomic E-state index is -1.07. The van der Waals surface area contributed by atoms with E-state index in [1.807, 2.05) is 6.07 Å². The van der Waals surface area contributed by atoms with Crippen molar-refractivity contribution in [1.82, 2.24) is 4.98 Å². The average molecular weight is 361 g/mol. The third kappa shape index (κ3) is 2.40. The van der Waals surface area contributed by atoms with Crippen molar-refractivity contribution in [3.05, 3.63) is 68.3 Å². The number of fused-ring (bicyclic) bond motifs is 1. The number of aromatic amines is 1. The Bertz CT molecular complexity index is 1010. The first-order chi connectivity index (χ1) is 10.5. The molecule has 0 spiro atoms. The monoisotopic (exact) mass is 360 g/mol. The highest BCUT2D eigenvalue weighted by Gasteiger charge is 2.11. The van der Waals surface area contributed by atoms with Crippen LogP contribution in [0, 0.1) is 23.0 Å². The standard InChI is InChI=1S/C16H7BrF2N2O/c17-11-2-1-8(7-20)3-9(11)15-6-16(22)10-4-12(18)13(19)5-14(10)21-15/h1-6H,(H,21,22). The van der Waals surface area contributed by atoms with Gasteiger partial charge in [-0.2, -0.15) is 5.26 Å². The summed E-state index contributed by atoms with van der Waals surface area (Å²) in [6.45, 7) is 0. The van der Waals surface area contributed by atoms with Crippen LogP contribution in [-0.2, 0) is 0 Å². The zero-order valence-corrected chi connectivity index (χ0v) is 12.5. The largest absolute Gasteiger partial charge is 0.354 e. The first-order valence-corrected chi connectivity index (χ1v) is 7.01. The molecule has 0 amide bonds. The maximum absolute atomic E-state index is 13.4. The van der Waals surface area contributed by atoms with Gasteiger partial charge in [-0.1, -0.05) is 15.9 Å². The molecule has 6 heteroatoms. The topological polar surface area (TPSA) is 56.6 Å². The number of aromatic nitrogens is 1. The summed E-state index contributed by atoms with van der Waals surface area (Å²) >= 11 is 3.35. The lowest BCUT2D eigenvalue weighted by atomic mass is 10.1. The number of hydrogen-bond donors (Lipinski definition) is 1. The van der Waals surface area contributed by atoms with Gasteiger partial charge in [0.15, 0.2) is 17.1 Å². The summed E-state index contributed by atoms with van der Waals surface area (Å²) in [5.74, 6) is -2.11. The Morgan fingerprint density at radius 3 is 2.55 bits per heavy atom. The number of H-pyrrole nitrogens is 1. The Morgan fingerprint density at radius 2 is 1.82 bits per heavy atom. The Balaban J connectivity index is 2.32. The Hall–Kier alpha value is -2.52. The van der Waals surface area contributed by atoms with E-state index < -0.39 is 17.1 Å². The van der Waals surface area contributed by atoms with E-state index in [-0.39, 0.29) is 10.9 Å². The molecule has 0 fully saturated rings. The van der Waals surface area contributed by atoms with Gasteiger partial charge in [0.25, 0.3) is 0 Å². The molecule has 0 unspecified atom stereocenters. The second kappa shape index (κ2) is 5.35. The molecule has 2 aromatic carbocycles. The van der Waals surface area contributed by atoms with Crippen molar-refractivity contribution in [3.8, 4) is 17.3 Å². The van der Waals surface area contributed by atoms with Crippen LogP contribution >= 0.6 is 15.9 Å². The summed E-state index contributed by atoms with van der Waals surface area (Å²) in [5.41, 5.74) is 1.17. The molecule has 0 saturated heterocycles. The number of benzene rings is 2. The van der Waals surface area contributed by atoms with Crippen molar-refractivity contribution in [3.63, 3.8) is 0 Å². The van der Waals surface area contributed by atoms with Gasteiger partial charge in [-0.3, -0.25) is 4.79 Å². The number of nitriles is 1. The van der Waals surface area contributed by atoms with Crippen molar-refractivity contribution in [2.24, 2.45) is 0 Å². The molecule has 1 N–H and O–H groups in total. The van der Waals surface area contributed by atoms with Crippen LogP contribution in [0.5, 0.6) is 0 Å². The smallest absolute Gasteiger partial charge is 0.190 e. The van der Waals surface area contributed by atoms with E-state index in [1.54, 1.807) is 18.2 Å². The fourth-order valence-corrected chi connectivity index (χ4v) is 2.65. The highest BCUT2D eigenvalue weighted by atomic mass is 79.9. The fourth-order valence-electron chi connectivity index (χ4n) is 2.19. The van der Waals surface area contributed by atoms with E-state index in [0.717, 1.165) is 12.1 Å². The van der Waals surface area contributed by atoms with Crippen LogP contribution in [0.2, 0.25) is 0 Å². The van der Waals surface area contributed by atoms with E-state index >= 15 is 0 Å². The van der Waals surface area contributed by atoms with Gasteiger partial charge in [0.05, 0.1) is 22.8 Å². The van der Waals surface area contributed by atoms with Gasteiger partial charge in [-0.25, -0.2) is 8.78 Å². The molecular weight excluding hydrogens is 354 g/mol. The van der Waals surface area contributed by atoms with E-state index in [2.05, 4.69) is 20.9 Å². The molecule has 1 heterocycles. The zero-order valence-electron chi connectivity index (χ0n) is 11.0. The molecule has 0 aliphatic carbocycles. The molecule has 0 aliphatic heterocycles. The molecule has 3 aromatic rings. The van der Waals surface area contributed by atoms with Crippen LogP contribution < -0.4 is 5.43 Å². The van der Waals surface area contributed by atoms with Crippen molar-refractivity contribution in [2.75, 3.05) is 0 Å². The molecule has 0 aliphatic rings. The lowest BCUT2D eigenvalue weighted by Crippen LogP contribution is -2.04. The molecule has 3 rings (SSSR count). The van der Waals surface area contributed by atoms with Gasteiger partial charge in [-0.15, -0.1) is 0 Å². The van der Waals surface area contributed by atoms with Crippen molar-refractivity contribution in [2.45, 2.75) is 0 Å². The van der Waals surface area contributed by atoms with Gasteiger partial charge < -0.3 is 4.98 Å². The Labute approximate surface area is 132 Å². The molecule has 1 aromatic heterocycles. The maximum atomic E-state index is 13.4. The molecule has 0 radical (unpaired) electrons. The van der Waals surface area contributed by atoms with Gasteiger partial charge >= 0.3 is 0 Å². The van der Waals surface area contributed by atoms with Crippen LogP contribution in [0.3, 0.4) is 0 Å². The minimum absolute atomic E-state index is 0.0650. The first kappa shape index (κ1) is 14.4. The van der Waals surface area contributed by atoms with Crippen molar-refractivity contribution in [1.29, 1.82) is 5.26 Å². The third-order valence-corrected chi connectivity index (χ3v) is 3.95. The number of nitrogens with zero attached hydrogens (tertiary/aromatic N) is 1. The van der Waals surface area contributed by atoms with Gasteiger partial charge in [0.1, 0.15) is 0 Å². The SMILES string of the molecule is N#Cc1ccc(Br)c(-c2cc(=O)c3cc(F)c(F)cc3[nH]2)c1. The highest BCUT2D eigenvalue weighted by Crippen LogP contribution is 2.28. The second-order valence-corrected chi connectivity index (χ2v) is 5.52. The molecular formula is C16H7BrF2N2O. The summed E-state index contributed by atoms with van der Waals surface area (Å²) in [7, 11) is 0. The van der Waals surface area contributed by atoms with Crippen molar-refractivity contribution >= 4 is 26.8 Å². The van der Waals surface area contributed by atoms with Crippen LogP contribution in [0.4, 0.5) is 8.78 Å². The predicted molar refractivity (Wildman–Crippen MR) is 82.3 cm³/mol. The molecule has 0 saturated carbocycles. The Morgan fingerprint density at radius 1 is 1.09 bits per heavy atom. The summed E-state index contributed by atoms with van der Waals surface area (Å²) in [4.78, 5) is 15.0. The molecule has 0 atom stereocenters. The quantitative estimate of drug-likeness (QED) is 0.709. The van der Waals surface area contributed by atoms with Gasteiger partial charge in [-0.05, 0) is 24.3 Å². The number of halogens is 3. The lowest BCUT2D eigenvalue weighted by Gasteiger charge is -2.08. The molecule has 108 valence electrons. The summed E-state index contributed by atoms with van der Waals surface area (Å²) in [6, 6.07) is 10.0. The van der Waals surface area contributed by atoms with E-state index in [1.165, 1.54) is 6.07 Å². The fraction of sp³-hybridized carbons (Fsp3) is 0. The van der Waals surface area contributed by atoms with E-state index in [0.29, 0.717) is 21.3 Å². The predicted octanol–water partition coefficient (Wildman–Crippen LogP) is 4.11. The minimum Gasteiger partial charge on any atom is -0.354 e. The number of rotatable bonds is 1. The van der Waals surface area contributed by atoms with E-state index in [4.69, 9.17) is 5.26 Å². The van der Waals surface area contributed by atoms with Gasteiger partial charge in [0.2, 0.25) is 0 Å². The van der Waals surface area contributed by atoms with Gasteiger partial charge in [0, 0.05) is 27.6 Å². The number of pyridine rings is 1. The van der Waals surface area contributed by atoms with E-state index in [9.17, 15) is 13.6 Å². The average Bonchev–Trinajstić information content (AvgIpc) is 2.49. The first-order valence-electron chi connectivity index (χ1n) is 6.21. The highest BCUT2D eigenvalue weighted by molar-refractivity contribution is 9.10. The summed E-state index contributed by atoms with van der Waals surface area (Å²) in [6.07, 6.45) is 0. The van der Waals surface area contributed by atoms with Crippen LogP contribution in [-0.4, -0.2) is 4.98 Å². The third-order valence-electron chi connectivity index (χ3n) is 3.26. The van der Waals surface area contributed by atoms with Crippen LogP contribution in [0.25, 0.3) is 22.2 Å². The number of nitrogens with one attached hydrogen (secondary N) is 1. The maximum Gasteiger partial charge on any atom is 0.190 e. The van der Waals surface area contributed by atoms with Crippen LogP contribution in [0.1, 0.15) is 5.56 Å². The number of hydrogen-bond acceptors (Lipinski definition) is 2. The summed E-state index contributed by atoms with van der Waals surface area (Å²) < 4.78 is 27.3. The Kier molecular flexibility index (Phi) is 3.51. The van der Waals surface area contributed by atoms with Crippen molar-refractivity contribution < 1.29 is 8.78 Å². The molecule has 3 nitrogen and oxygen atoms in total. The lowest BCUT2D eigenvalue weighted by molar-refractivity contribution is 0.510. The van der Waals surface area contributed by atoms with Crippen LogP contribution in [0.15, 0.2) is 45.7 Å². The second-order valence-electron chi connectivity index (χ2n) is 4.67. The molecule has 0 bridgehead atoms. The molecule has 22 heavy (non-hydrogen) atoms. The summed E-state index contributed by atoms with van der Waals surface area (Å²) in [5, 5.41) is 9.03.